The van der Waals surface area contributed by atoms with Gasteiger partial charge in [-0.2, -0.15) is 0 Å². The van der Waals surface area contributed by atoms with Crippen molar-refractivity contribution < 1.29 is 19.1 Å². The second-order valence-electron chi connectivity index (χ2n) is 10.2. The van der Waals surface area contributed by atoms with Gasteiger partial charge in [0.2, 0.25) is 0 Å². The smallest absolute Gasteiger partial charge is 0.302 e. The fraction of sp³-hybridized carbons (Fsp3) is 0.750. The Morgan fingerprint density at radius 1 is 1.07 bits per heavy atom. The first kappa shape index (κ1) is 19.7. The number of hydrogen-bond donors (Lipinski definition) is 0. The van der Waals surface area contributed by atoms with Gasteiger partial charge >= 0.3 is 11.9 Å². The lowest BCUT2D eigenvalue weighted by atomic mass is 9.48. The van der Waals surface area contributed by atoms with Crippen molar-refractivity contribution in [2.24, 2.45) is 35.0 Å². The van der Waals surface area contributed by atoms with Gasteiger partial charge in [-0.05, 0) is 37.5 Å². The van der Waals surface area contributed by atoms with Gasteiger partial charge in [-0.3, -0.25) is 9.59 Å². The molecule has 0 saturated heterocycles. The first-order valence-corrected chi connectivity index (χ1v) is 10.9. The SMILES string of the molecule is CC(=O)O[C@@H]1[C@@H](C)[C@@H]2CC[C@@H](C)C3=C2[C@@H]2C(=CC3)CC(C)(C)[C@H](OC(C)=O)[C@H]21. The molecule has 4 heteroatoms. The maximum atomic E-state index is 12.0. The van der Waals surface area contributed by atoms with Crippen LogP contribution in [-0.4, -0.2) is 24.1 Å². The maximum Gasteiger partial charge on any atom is 0.302 e. The van der Waals surface area contributed by atoms with E-state index in [9.17, 15) is 9.59 Å². The molecule has 0 spiro atoms. The van der Waals surface area contributed by atoms with Gasteiger partial charge in [0.05, 0.1) is 0 Å². The second-order valence-corrected chi connectivity index (χ2v) is 10.2. The van der Waals surface area contributed by atoms with Crippen molar-refractivity contribution in [3.05, 3.63) is 22.8 Å². The van der Waals surface area contributed by atoms with Crippen LogP contribution < -0.4 is 0 Å². The number of hydrogen-bond acceptors (Lipinski definition) is 4. The van der Waals surface area contributed by atoms with E-state index in [2.05, 4.69) is 33.8 Å². The molecular formula is C24H34O4. The summed E-state index contributed by atoms with van der Waals surface area (Å²) >= 11 is 0. The van der Waals surface area contributed by atoms with Gasteiger partial charge in [-0.25, -0.2) is 0 Å². The van der Waals surface area contributed by atoms with Crippen LogP contribution in [0.3, 0.4) is 0 Å². The second kappa shape index (κ2) is 6.74. The lowest BCUT2D eigenvalue weighted by Gasteiger charge is -2.59. The molecule has 0 bridgehead atoms. The molecule has 4 aliphatic carbocycles. The Morgan fingerprint density at radius 3 is 2.39 bits per heavy atom. The van der Waals surface area contributed by atoms with Crippen LogP contribution in [0.25, 0.3) is 0 Å². The van der Waals surface area contributed by atoms with Crippen LogP contribution in [0.2, 0.25) is 0 Å². The molecule has 2 fully saturated rings. The maximum absolute atomic E-state index is 12.0. The van der Waals surface area contributed by atoms with Crippen LogP contribution in [0, 0.1) is 35.0 Å². The van der Waals surface area contributed by atoms with E-state index in [1.54, 1.807) is 11.1 Å². The van der Waals surface area contributed by atoms with Crippen LogP contribution in [0.4, 0.5) is 0 Å². The highest BCUT2D eigenvalue weighted by Gasteiger charge is 2.60. The van der Waals surface area contributed by atoms with E-state index < -0.39 is 0 Å². The molecule has 0 heterocycles. The summed E-state index contributed by atoms with van der Waals surface area (Å²) < 4.78 is 12.0. The van der Waals surface area contributed by atoms with Gasteiger partial charge in [0.15, 0.2) is 0 Å². The molecule has 0 radical (unpaired) electrons. The third-order valence-electron chi connectivity index (χ3n) is 7.89. The minimum atomic E-state index is -0.246. The van der Waals surface area contributed by atoms with Crippen molar-refractivity contribution in [2.45, 2.75) is 79.4 Å². The van der Waals surface area contributed by atoms with Gasteiger partial charge in [0, 0.05) is 37.0 Å². The molecule has 0 aromatic rings. The van der Waals surface area contributed by atoms with Crippen molar-refractivity contribution in [1.82, 2.24) is 0 Å². The number of allylic oxidation sites excluding steroid dienone is 4. The molecule has 2 saturated carbocycles. The predicted molar refractivity (Wildman–Crippen MR) is 107 cm³/mol. The summed E-state index contributed by atoms with van der Waals surface area (Å²) in [6.07, 6.45) is 6.34. The Labute approximate surface area is 168 Å². The lowest BCUT2D eigenvalue weighted by molar-refractivity contribution is -0.185. The van der Waals surface area contributed by atoms with Crippen molar-refractivity contribution >= 4 is 11.9 Å². The van der Waals surface area contributed by atoms with Gasteiger partial charge in [0.1, 0.15) is 12.2 Å². The highest BCUT2D eigenvalue weighted by molar-refractivity contribution is 5.67. The third kappa shape index (κ3) is 2.95. The zero-order chi connectivity index (χ0) is 20.4. The van der Waals surface area contributed by atoms with E-state index in [1.165, 1.54) is 25.8 Å². The Hall–Kier alpha value is -1.58. The van der Waals surface area contributed by atoms with E-state index in [0.717, 1.165) is 19.3 Å². The molecule has 0 aliphatic heterocycles. The fourth-order valence-electron chi connectivity index (χ4n) is 6.84. The molecule has 0 amide bonds. The van der Waals surface area contributed by atoms with Crippen LogP contribution in [0.1, 0.15) is 67.2 Å². The average Bonchev–Trinajstić information content (AvgIpc) is 2.59. The standard InChI is InChI=1S/C24H34O4/c1-12-7-9-18-13(2)22(27-14(3)25)21-19-16(8-10-17(12)20(18)19)11-24(5,6)23(21)28-15(4)26/h8,12-13,18-19,21-23H,7,9-11H2,1-6H3/t12-,13+,18+,19+,21-,22-,23-/m1/s1. The monoisotopic (exact) mass is 386 g/mol. The van der Waals surface area contributed by atoms with Crippen molar-refractivity contribution in [1.29, 1.82) is 0 Å². The molecule has 0 unspecified atom stereocenters. The molecule has 0 aromatic carbocycles. The molecule has 7 atom stereocenters. The normalized spacial score (nSPS) is 40.9. The van der Waals surface area contributed by atoms with Crippen molar-refractivity contribution in [2.75, 3.05) is 0 Å². The number of rotatable bonds is 2. The van der Waals surface area contributed by atoms with E-state index >= 15 is 0 Å². The molecule has 4 rings (SSSR count). The molecule has 0 N–H and O–H groups in total. The molecule has 154 valence electrons. The summed E-state index contributed by atoms with van der Waals surface area (Å²) in [5.74, 6) is 1.11. The van der Waals surface area contributed by atoms with Gasteiger partial charge in [-0.1, -0.05) is 50.5 Å². The average molecular weight is 387 g/mol. The Kier molecular flexibility index (Phi) is 4.75. The lowest BCUT2D eigenvalue weighted by Crippen LogP contribution is -2.60. The number of ether oxygens (including phenoxy) is 2. The third-order valence-corrected chi connectivity index (χ3v) is 7.89. The van der Waals surface area contributed by atoms with Gasteiger partial charge < -0.3 is 9.47 Å². The van der Waals surface area contributed by atoms with Crippen LogP contribution in [0.5, 0.6) is 0 Å². The summed E-state index contributed by atoms with van der Waals surface area (Å²) in [4.78, 5) is 24.1. The van der Waals surface area contributed by atoms with Crippen molar-refractivity contribution in [3.8, 4) is 0 Å². The molecule has 28 heavy (non-hydrogen) atoms. The minimum Gasteiger partial charge on any atom is -0.462 e. The highest BCUT2D eigenvalue weighted by atomic mass is 16.6. The first-order valence-electron chi connectivity index (χ1n) is 10.9. The molecule has 0 aromatic heterocycles. The summed E-state index contributed by atoms with van der Waals surface area (Å²) in [6, 6.07) is 0. The first-order chi connectivity index (χ1) is 13.1. The molecule has 4 aliphatic rings. The van der Waals surface area contributed by atoms with E-state index in [-0.39, 0.29) is 47.3 Å². The number of carbonyl (C=O) groups excluding carboxylic acids is 2. The Morgan fingerprint density at radius 2 is 1.75 bits per heavy atom. The number of carbonyl (C=O) groups is 2. The zero-order valence-corrected chi connectivity index (χ0v) is 18.1. The highest BCUT2D eigenvalue weighted by Crippen LogP contribution is 2.62. The quantitative estimate of drug-likeness (QED) is 0.504. The zero-order valence-electron chi connectivity index (χ0n) is 18.1. The Bertz CT molecular complexity index is 759. The van der Waals surface area contributed by atoms with Crippen LogP contribution in [0.15, 0.2) is 22.8 Å². The van der Waals surface area contributed by atoms with E-state index in [1.807, 2.05) is 0 Å². The summed E-state index contributed by atoms with van der Waals surface area (Å²) in [5, 5.41) is 0. The van der Waals surface area contributed by atoms with Gasteiger partial charge in [0.25, 0.3) is 0 Å². The van der Waals surface area contributed by atoms with E-state index in [4.69, 9.17) is 9.47 Å². The predicted octanol–water partition coefficient (Wildman–Crippen LogP) is 4.83. The molecular weight excluding hydrogens is 352 g/mol. The van der Waals surface area contributed by atoms with Crippen molar-refractivity contribution in [3.63, 3.8) is 0 Å². The van der Waals surface area contributed by atoms with Crippen LogP contribution in [-0.2, 0) is 19.1 Å². The number of esters is 2. The van der Waals surface area contributed by atoms with Gasteiger partial charge in [-0.15, -0.1) is 0 Å². The molecule has 4 nitrogen and oxygen atoms in total. The Balaban J connectivity index is 1.88. The minimum absolute atomic E-state index is 0.00431. The summed E-state index contributed by atoms with van der Waals surface area (Å²) in [5.41, 5.74) is 4.50. The van der Waals surface area contributed by atoms with E-state index in [0.29, 0.717) is 11.8 Å². The van der Waals surface area contributed by atoms with Crippen LogP contribution >= 0.6 is 0 Å². The summed E-state index contributed by atoms with van der Waals surface area (Å²) in [6.45, 7) is 12.0. The summed E-state index contributed by atoms with van der Waals surface area (Å²) in [7, 11) is 0. The largest absolute Gasteiger partial charge is 0.462 e. The fourth-order valence-corrected chi connectivity index (χ4v) is 6.84. The topological polar surface area (TPSA) is 52.6 Å².